The summed E-state index contributed by atoms with van der Waals surface area (Å²) >= 11 is 0. The highest BCUT2D eigenvalue weighted by Gasteiger charge is 2.27. The van der Waals surface area contributed by atoms with Gasteiger partial charge < -0.3 is 15.1 Å². The summed E-state index contributed by atoms with van der Waals surface area (Å²) in [5.74, 6) is 5.25. The average Bonchev–Trinajstić information content (AvgIpc) is 2.47. The van der Waals surface area contributed by atoms with Crippen molar-refractivity contribution >= 4 is 5.91 Å². The van der Waals surface area contributed by atoms with E-state index in [0.717, 1.165) is 0 Å². The van der Waals surface area contributed by atoms with Gasteiger partial charge in [-0.3, -0.25) is 9.78 Å². The minimum atomic E-state index is -0.334. The Balaban J connectivity index is 2.13. The fraction of sp³-hybridized carbons (Fsp3) is 0.467. The zero-order chi connectivity index (χ0) is 14.5. The molecule has 2 N–H and O–H groups in total. The van der Waals surface area contributed by atoms with Crippen LogP contribution in [0.2, 0.25) is 0 Å². The van der Waals surface area contributed by atoms with E-state index in [2.05, 4.69) is 16.8 Å². The zero-order valence-electron chi connectivity index (χ0n) is 11.4. The monoisotopic (exact) mass is 274 g/mol. The van der Waals surface area contributed by atoms with Crippen molar-refractivity contribution in [1.29, 1.82) is 0 Å². The number of amides is 1. The topological polar surface area (TPSA) is 73.7 Å². The lowest BCUT2D eigenvalue weighted by molar-refractivity contribution is 0.0297. The summed E-state index contributed by atoms with van der Waals surface area (Å²) in [5.41, 5.74) is 1.09. The minimum absolute atomic E-state index is 0.0815. The van der Waals surface area contributed by atoms with Crippen molar-refractivity contribution in [3.63, 3.8) is 0 Å². The van der Waals surface area contributed by atoms with E-state index >= 15 is 0 Å². The lowest BCUT2D eigenvalue weighted by atomic mass is 9.96. The first-order valence-electron chi connectivity index (χ1n) is 6.64. The highest BCUT2D eigenvalue weighted by atomic mass is 16.3. The van der Waals surface area contributed by atoms with Crippen molar-refractivity contribution in [2.45, 2.75) is 19.4 Å². The second-order valence-electron chi connectivity index (χ2n) is 5.01. The van der Waals surface area contributed by atoms with Gasteiger partial charge >= 0.3 is 0 Å². The van der Waals surface area contributed by atoms with Gasteiger partial charge in [-0.25, -0.2) is 0 Å². The third-order valence-electron chi connectivity index (χ3n) is 3.44. The maximum atomic E-state index is 12.4. The van der Waals surface area contributed by atoms with Crippen LogP contribution in [0.15, 0.2) is 18.5 Å². The van der Waals surface area contributed by atoms with Crippen molar-refractivity contribution in [2.75, 3.05) is 19.7 Å². The average molecular weight is 274 g/mol. The molecule has 0 saturated carbocycles. The van der Waals surface area contributed by atoms with Gasteiger partial charge in [0.05, 0.1) is 11.7 Å². The Hall–Kier alpha value is -1.90. The molecule has 0 aliphatic carbocycles. The Morgan fingerprint density at radius 2 is 2.35 bits per heavy atom. The van der Waals surface area contributed by atoms with E-state index in [9.17, 15) is 9.90 Å². The van der Waals surface area contributed by atoms with Gasteiger partial charge in [-0.05, 0) is 18.4 Å². The molecule has 1 amide bonds. The number of aliphatic hydroxyl groups excluding tert-OH is 2. The third kappa shape index (κ3) is 3.35. The molecular weight excluding hydrogens is 256 g/mol. The van der Waals surface area contributed by atoms with Gasteiger partial charge in [-0.1, -0.05) is 18.8 Å². The standard InChI is InChI=1S/C15H18N2O3/c1-11-10-17(5-4-14(11)19)15(20)13-7-12(3-2-6-18)8-16-9-13/h7-9,11,14,18-19H,4-6,10H2,1H3. The zero-order valence-corrected chi connectivity index (χ0v) is 11.4. The molecule has 0 radical (unpaired) electrons. The van der Waals surface area contributed by atoms with Gasteiger partial charge in [0.15, 0.2) is 0 Å². The molecule has 0 bridgehead atoms. The smallest absolute Gasteiger partial charge is 0.255 e. The fourth-order valence-electron chi connectivity index (χ4n) is 2.27. The number of carbonyl (C=O) groups is 1. The van der Waals surface area contributed by atoms with Crippen LogP contribution in [0.4, 0.5) is 0 Å². The maximum absolute atomic E-state index is 12.4. The number of aromatic nitrogens is 1. The van der Waals surface area contributed by atoms with E-state index in [0.29, 0.717) is 30.6 Å². The second kappa shape index (κ2) is 6.51. The molecule has 2 rings (SSSR count). The molecular formula is C15H18N2O3. The highest BCUT2D eigenvalue weighted by molar-refractivity contribution is 5.94. The largest absolute Gasteiger partial charge is 0.393 e. The SMILES string of the molecule is CC1CN(C(=O)c2cncc(C#CCO)c2)CCC1O. The number of likely N-dealkylation sites (tertiary alicyclic amines) is 1. The summed E-state index contributed by atoms with van der Waals surface area (Å²) in [4.78, 5) is 18.1. The predicted octanol–water partition coefficient (Wildman–Crippen LogP) is 0.268. The molecule has 106 valence electrons. The van der Waals surface area contributed by atoms with Gasteiger partial charge in [0, 0.05) is 31.0 Å². The molecule has 1 aliphatic heterocycles. The Bertz CT molecular complexity index is 548. The van der Waals surface area contributed by atoms with E-state index < -0.39 is 0 Å². The summed E-state index contributed by atoms with van der Waals surface area (Å²) in [6.07, 6.45) is 3.34. The van der Waals surface area contributed by atoms with Gasteiger partial charge in [0.25, 0.3) is 5.91 Å². The number of hydrogen-bond donors (Lipinski definition) is 2. The van der Waals surface area contributed by atoms with Crippen molar-refractivity contribution < 1.29 is 15.0 Å². The van der Waals surface area contributed by atoms with Gasteiger partial charge in [-0.15, -0.1) is 0 Å². The Morgan fingerprint density at radius 3 is 3.05 bits per heavy atom. The van der Waals surface area contributed by atoms with E-state index in [4.69, 9.17) is 5.11 Å². The summed E-state index contributed by atoms with van der Waals surface area (Å²) in [6.45, 7) is 2.81. The third-order valence-corrected chi connectivity index (χ3v) is 3.44. The molecule has 1 aromatic heterocycles. The highest BCUT2D eigenvalue weighted by Crippen LogP contribution is 2.18. The van der Waals surface area contributed by atoms with E-state index in [1.54, 1.807) is 17.2 Å². The van der Waals surface area contributed by atoms with Crippen molar-refractivity contribution in [2.24, 2.45) is 5.92 Å². The van der Waals surface area contributed by atoms with Gasteiger partial charge in [-0.2, -0.15) is 0 Å². The Labute approximate surface area is 118 Å². The molecule has 2 unspecified atom stereocenters. The predicted molar refractivity (Wildman–Crippen MR) is 73.9 cm³/mol. The fourth-order valence-corrected chi connectivity index (χ4v) is 2.27. The molecule has 1 aromatic rings. The minimum Gasteiger partial charge on any atom is -0.393 e. The number of aliphatic hydroxyl groups is 2. The summed E-state index contributed by atoms with van der Waals surface area (Å²) in [6, 6.07) is 1.67. The molecule has 20 heavy (non-hydrogen) atoms. The molecule has 1 fully saturated rings. The lowest BCUT2D eigenvalue weighted by Gasteiger charge is -2.34. The molecule has 2 heterocycles. The van der Waals surface area contributed by atoms with Crippen LogP contribution in [-0.2, 0) is 0 Å². The second-order valence-corrected chi connectivity index (χ2v) is 5.01. The van der Waals surface area contributed by atoms with E-state index in [1.807, 2.05) is 6.92 Å². The first-order chi connectivity index (χ1) is 9.61. The normalized spacial score (nSPS) is 22.1. The van der Waals surface area contributed by atoms with Crippen LogP contribution < -0.4 is 0 Å². The summed E-state index contributed by atoms with van der Waals surface area (Å²) in [5, 5.41) is 18.4. The van der Waals surface area contributed by atoms with Crippen LogP contribution in [0.1, 0.15) is 29.3 Å². The maximum Gasteiger partial charge on any atom is 0.255 e. The van der Waals surface area contributed by atoms with Crippen LogP contribution in [0.5, 0.6) is 0 Å². The lowest BCUT2D eigenvalue weighted by Crippen LogP contribution is -2.45. The Morgan fingerprint density at radius 1 is 1.55 bits per heavy atom. The van der Waals surface area contributed by atoms with Crippen LogP contribution in [0.3, 0.4) is 0 Å². The quantitative estimate of drug-likeness (QED) is 0.721. The van der Waals surface area contributed by atoms with Gasteiger partial charge in [0.1, 0.15) is 6.61 Å². The van der Waals surface area contributed by atoms with Crippen molar-refractivity contribution in [3.8, 4) is 11.8 Å². The van der Waals surface area contributed by atoms with Crippen LogP contribution in [0, 0.1) is 17.8 Å². The number of pyridine rings is 1. The first-order valence-corrected chi connectivity index (χ1v) is 6.64. The van der Waals surface area contributed by atoms with Crippen molar-refractivity contribution in [3.05, 3.63) is 29.6 Å². The molecule has 1 aliphatic rings. The van der Waals surface area contributed by atoms with E-state index in [-0.39, 0.29) is 24.5 Å². The summed E-state index contributed by atoms with van der Waals surface area (Å²) < 4.78 is 0. The van der Waals surface area contributed by atoms with Crippen LogP contribution in [-0.4, -0.2) is 51.8 Å². The summed E-state index contributed by atoms with van der Waals surface area (Å²) in [7, 11) is 0. The van der Waals surface area contributed by atoms with Gasteiger partial charge in [0.2, 0.25) is 0 Å². The number of rotatable bonds is 1. The van der Waals surface area contributed by atoms with Crippen LogP contribution in [0.25, 0.3) is 0 Å². The molecule has 1 saturated heterocycles. The Kier molecular flexibility index (Phi) is 4.72. The molecule has 0 aromatic carbocycles. The number of nitrogens with zero attached hydrogens (tertiary/aromatic N) is 2. The number of piperidine rings is 1. The first kappa shape index (κ1) is 14.5. The van der Waals surface area contributed by atoms with Crippen molar-refractivity contribution in [1.82, 2.24) is 9.88 Å². The molecule has 5 heteroatoms. The molecule has 0 spiro atoms. The molecule has 5 nitrogen and oxygen atoms in total. The molecule has 2 atom stereocenters. The van der Waals surface area contributed by atoms with E-state index in [1.165, 1.54) is 6.20 Å². The van der Waals surface area contributed by atoms with Crippen LogP contribution >= 0.6 is 0 Å². The number of hydrogen-bond acceptors (Lipinski definition) is 4. The number of carbonyl (C=O) groups excluding carboxylic acids is 1.